The van der Waals surface area contributed by atoms with E-state index in [1.165, 1.54) is 12.3 Å². The van der Waals surface area contributed by atoms with Gasteiger partial charge in [-0.1, -0.05) is 6.92 Å². The first-order chi connectivity index (χ1) is 9.64. The number of nitrogens with one attached hydrogen (secondary N) is 1. The minimum absolute atomic E-state index is 0.0956. The van der Waals surface area contributed by atoms with Gasteiger partial charge in [0.2, 0.25) is 6.10 Å². The number of furan rings is 1. The van der Waals surface area contributed by atoms with E-state index >= 15 is 0 Å². The maximum Gasteiger partial charge on any atom is 0.423 e. The van der Waals surface area contributed by atoms with Gasteiger partial charge in [0, 0.05) is 12.1 Å². The normalized spacial score (nSPS) is 13.1. The van der Waals surface area contributed by atoms with Gasteiger partial charge in [-0.2, -0.15) is 26.3 Å². The molecule has 0 radical (unpaired) electrons. The van der Waals surface area contributed by atoms with E-state index in [2.05, 4.69) is 10.1 Å². The van der Waals surface area contributed by atoms with Gasteiger partial charge in [0.1, 0.15) is 12.4 Å². The Bertz CT molecular complexity index is 412. The van der Waals surface area contributed by atoms with Gasteiger partial charge in [-0.3, -0.25) is 0 Å². The van der Waals surface area contributed by atoms with Crippen LogP contribution in [0.25, 0.3) is 0 Å². The summed E-state index contributed by atoms with van der Waals surface area (Å²) in [5, 5.41) is 3.02. The predicted molar refractivity (Wildman–Crippen MR) is 61.4 cm³/mol. The minimum Gasteiger partial charge on any atom is -0.467 e. The predicted octanol–water partition coefficient (Wildman–Crippen LogP) is 3.79. The second kappa shape index (κ2) is 7.17. The van der Waals surface area contributed by atoms with E-state index in [4.69, 9.17) is 4.42 Å². The highest BCUT2D eigenvalue weighted by molar-refractivity contribution is 5.12. The highest BCUT2D eigenvalue weighted by Gasteiger charge is 2.58. The van der Waals surface area contributed by atoms with E-state index in [-0.39, 0.29) is 5.76 Å². The summed E-state index contributed by atoms with van der Waals surface area (Å²) < 4.78 is 82.3. The van der Waals surface area contributed by atoms with E-state index in [1.54, 1.807) is 0 Å². The average molecular weight is 319 g/mol. The molecule has 3 nitrogen and oxygen atoms in total. The average Bonchev–Trinajstić information content (AvgIpc) is 2.74. The molecule has 0 aliphatic heterocycles. The summed E-state index contributed by atoms with van der Waals surface area (Å²) in [4.78, 5) is 0. The van der Waals surface area contributed by atoms with Crippen molar-refractivity contribution in [2.75, 3.05) is 6.54 Å². The van der Waals surface area contributed by atoms with Crippen molar-refractivity contribution in [3.8, 4) is 0 Å². The van der Waals surface area contributed by atoms with Crippen LogP contribution in [0, 0.1) is 0 Å². The summed E-state index contributed by atoms with van der Waals surface area (Å²) in [6.07, 6.45) is -12.7. The summed E-state index contributed by atoms with van der Waals surface area (Å²) in [5.41, 5.74) is 0.623. The first-order valence-corrected chi connectivity index (χ1v) is 6.16. The third kappa shape index (κ3) is 5.96. The zero-order valence-electron chi connectivity index (χ0n) is 11.1. The van der Waals surface area contributed by atoms with E-state index < -0.39 is 25.1 Å². The number of hydrogen-bond donors (Lipinski definition) is 1. The summed E-state index contributed by atoms with van der Waals surface area (Å²) >= 11 is 0. The van der Waals surface area contributed by atoms with Gasteiger partial charge < -0.3 is 14.5 Å². The first-order valence-electron chi connectivity index (χ1n) is 6.16. The van der Waals surface area contributed by atoms with Crippen LogP contribution >= 0.6 is 0 Å². The molecule has 0 aliphatic carbocycles. The van der Waals surface area contributed by atoms with Crippen molar-refractivity contribution in [3.63, 3.8) is 0 Å². The molecule has 0 saturated carbocycles. The van der Waals surface area contributed by atoms with Crippen LogP contribution in [-0.2, 0) is 17.9 Å². The van der Waals surface area contributed by atoms with E-state index in [0.29, 0.717) is 12.1 Å². The van der Waals surface area contributed by atoms with Crippen molar-refractivity contribution in [3.05, 3.63) is 23.7 Å². The van der Waals surface area contributed by atoms with Gasteiger partial charge in [-0.25, -0.2) is 0 Å². The molecule has 0 saturated heterocycles. The molecule has 0 atom stereocenters. The van der Waals surface area contributed by atoms with E-state index in [9.17, 15) is 26.3 Å². The molecule has 0 aliphatic rings. The minimum atomic E-state index is -5.52. The second-order valence-corrected chi connectivity index (χ2v) is 4.37. The second-order valence-electron chi connectivity index (χ2n) is 4.37. The van der Waals surface area contributed by atoms with Gasteiger partial charge >= 0.3 is 12.4 Å². The third-order valence-electron chi connectivity index (χ3n) is 2.45. The molecule has 0 spiro atoms. The number of rotatable bonds is 7. The number of halogens is 6. The zero-order valence-corrected chi connectivity index (χ0v) is 11.1. The lowest BCUT2D eigenvalue weighted by molar-refractivity contribution is -0.325. The van der Waals surface area contributed by atoms with Crippen LogP contribution in [-0.4, -0.2) is 25.0 Å². The fraction of sp³-hybridized carbons (Fsp3) is 0.667. The molecule has 0 amide bonds. The molecular formula is C12H15F6NO2. The van der Waals surface area contributed by atoms with Crippen LogP contribution in [0.3, 0.4) is 0 Å². The molecular weight excluding hydrogens is 304 g/mol. The molecule has 1 aromatic heterocycles. The number of hydrogen-bond acceptors (Lipinski definition) is 3. The van der Waals surface area contributed by atoms with Crippen molar-refractivity contribution in [1.29, 1.82) is 0 Å². The van der Waals surface area contributed by atoms with Crippen LogP contribution in [0.2, 0.25) is 0 Å². The Morgan fingerprint density at radius 3 is 2.33 bits per heavy atom. The van der Waals surface area contributed by atoms with Crippen molar-refractivity contribution in [2.45, 2.75) is 45.0 Å². The van der Waals surface area contributed by atoms with Crippen LogP contribution in [0.4, 0.5) is 26.3 Å². The Balaban J connectivity index is 2.57. The summed E-state index contributed by atoms with van der Waals surface area (Å²) in [6, 6.07) is 1.35. The molecule has 122 valence electrons. The Labute approximate surface area is 117 Å². The lowest BCUT2D eigenvalue weighted by Gasteiger charge is -2.22. The van der Waals surface area contributed by atoms with Gasteiger partial charge in [0.25, 0.3) is 0 Å². The molecule has 1 N–H and O–H groups in total. The quantitative estimate of drug-likeness (QED) is 0.613. The topological polar surface area (TPSA) is 34.4 Å². The van der Waals surface area contributed by atoms with Crippen LogP contribution < -0.4 is 5.32 Å². The third-order valence-corrected chi connectivity index (χ3v) is 2.45. The van der Waals surface area contributed by atoms with Crippen molar-refractivity contribution in [2.24, 2.45) is 0 Å². The van der Waals surface area contributed by atoms with Crippen LogP contribution in [0.5, 0.6) is 0 Å². The Morgan fingerprint density at radius 2 is 1.81 bits per heavy atom. The highest BCUT2D eigenvalue weighted by Crippen LogP contribution is 2.36. The zero-order chi connectivity index (χ0) is 16.1. The largest absolute Gasteiger partial charge is 0.467 e. The Morgan fingerprint density at radius 1 is 1.19 bits per heavy atom. The SMILES string of the molecule is CCCNCc1coc(COC(C(F)(F)F)C(F)(F)F)c1. The standard InChI is InChI=1S/C12H15F6NO2/c1-2-3-19-5-8-4-9(20-6-8)7-21-10(11(13,14)15)12(16,17)18/h4,6,10,19H,2-3,5,7H2,1H3. The molecule has 21 heavy (non-hydrogen) atoms. The monoisotopic (exact) mass is 319 g/mol. The van der Waals surface area contributed by atoms with E-state index in [1.807, 2.05) is 6.92 Å². The van der Waals surface area contributed by atoms with Gasteiger partial charge in [-0.15, -0.1) is 0 Å². The van der Waals surface area contributed by atoms with Gasteiger partial charge in [0.05, 0.1) is 6.26 Å². The van der Waals surface area contributed by atoms with Crippen molar-refractivity contribution >= 4 is 0 Å². The molecule has 1 rings (SSSR count). The molecule has 0 bridgehead atoms. The fourth-order valence-corrected chi connectivity index (χ4v) is 1.54. The van der Waals surface area contributed by atoms with E-state index in [0.717, 1.165) is 13.0 Å². The van der Waals surface area contributed by atoms with Crippen LogP contribution in [0.15, 0.2) is 16.7 Å². The first kappa shape index (κ1) is 17.8. The van der Waals surface area contributed by atoms with Gasteiger partial charge in [-0.05, 0) is 19.0 Å². The molecule has 1 aromatic rings. The molecule has 1 heterocycles. The Hall–Kier alpha value is -1.22. The smallest absolute Gasteiger partial charge is 0.423 e. The highest BCUT2D eigenvalue weighted by atomic mass is 19.4. The fourth-order valence-electron chi connectivity index (χ4n) is 1.54. The lowest BCUT2D eigenvalue weighted by atomic mass is 10.3. The lowest BCUT2D eigenvalue weighted by Crippen LogP contribution is -2.44. The maximum atomic E-state index is 12.2. The molecule has 9 heteroatoms. The summed E-state index contributed by atoms with van der Waals surface area (Å²) in [7, 11) is 0. The van der Waals surface area contributed by atoms with Crippen LogP contribution in [0.1, 0.15) is 24.7 Å². The summed E-state index contributed by atoms with van der Waals surface area (Å²) in [5.74, 6) is -0.0956. The Kier molecular flexibility index (Phi) is 6.09. The van der Waals surface area contributed by atoms with Crippen molar-refractivity contribution < 1.29 is 35.5 Å². The molecule has 0 unspecified atom stereocenters. The number of ether oxygens (including phenoxy) is 1. The number of alkyl halides is 6. The summed E-state index contributed by atoms with van der Waals surface area (Å²) in [6.45, 7) is 2.20. The van der Waals surface area contributed by atoms with Crippen molar-refractivity contribution in [1.82, 2.24) is 5.32 Å². The molecule has 0 fully saturated rings. The maximum absolute atomic E-state index is 12.2. The molecule has 0 aromatic carbocycles. The van der Waals surface area contributed by atoms with Gasteiger partial charge in [0.15, 0.2) is 0 Å².